The standard InChI is InChI=1S/C22H27ClN2O6/c1-13-8-16(9-14(2)20(13)23)31-12-19(26)24-6-7-25-22(27)15-10-17(28-3)21(30-5)18(11-15)29-4/h8-11H,6-7,12H2,1-5H3,(H,24,26)(H,25,27). The van der Waals surface area contributed by atoms with Gasteiger partial charge < -0.3 is 29.6 Å². The number of methoxy groups -OCH3 is 3. The van der Waals surface area contributed by atoms with Crippen LogP contribution in [0.3, 0.4) is 0 Å². The second-order valence-corrected chi connectivity index (χ2v) is 7.06. The van der Waals surface area contributed by atoms with E-state index >= 15 is 0 Å². The highest BCUT2D eigenvalue weighted by molar-refractivity contribution is 6.32. The van der Waals surface area contributed by atoms with Crippen LogP contribution >= 0.6 is 11.6 Å². The van der Waals surface area contributed by atoms with E-state index in [-0.39, 0.29) is 31.5 Å². The first-order valence-corrected chi connectivity index (χ1v) is 9.93. The van der Waals surface area contributed by atoms with E-state index in [4.69, 9.17) is 30.5 Å². The van der Waals surface area contributed by atoms with Gasteiger partial charge in [-0.2, -0.15) is 0 Å². The summed E-state index contributed by atoms with van der Waals surface area (Å²) in [5.41, 5.74) is 2.11. The van der Waals surface area contributed by atoms with Crippen LogP contribution in [-0.4, -0.2) is 52.8 Å². The van der Waals surface area contributed by atoms with Gasteiger partial charge >= 0.3 is 0 Å². The Kier molecular flexibility index (Phi) is 8.81. The Morgan fingerprint density at radius 1 is 0.871 bits per heavy atom. The van der Waals surface area contributed by atoms with Crippen LogP contribution < -0.4 is 29.6 Å². The molecule has 2 rings (SSSR count). The first-order chi connectivity index (χ1) is 14.8. The lowest BCUT2D eigenvalue weighted by Crippen LogP contribution is -2.36. The van der Waals surface area contributed by atoms with Gasteiger partial charge in [-0.05, 0) is 49.2 Å². The molecule has 2 amide bonds. The maximum Gasteiger partial charge on any atom is 0.258 e. The van der Waals surface area contributed by atoms with E-state index in [0.717, 1.165) is 11.1 Å². The molecule has 0 unspecified atom stereocenters. The lowest BCUT2D eigenvalue weighted by atomic mass is 10.1. The van der Waals surface area contributed by atoms with Crippen LogP contribution in [0.5, 0.6) is 23.0 Å². The average Bonchev–Trinajstić information content (AvgIpc) is 2.77. The lowest BCUT2D eigenvalue weighted by Gasteiger charge is -2.14. The molecule has 2 aromatic rings. The number of aryl methyl sites for hydroxylation is 2. The van der Waals surface area contributed by atoms with Gasteiger partial charge in [-0.15, -0.1) is 0 Å². The topological polar surface area (TPSA) is 95.1 Å². The van der Waals surface area contributed by atoms with E-state index in [9.17, 15) is 9.59 Å². The highest BCUT2D eigenvalue weighted by atomic mass is 35.5. The molecular formula is C22H27ClN2O6. The molecule has 0 aliphatic rings. The van der Waals surface area contributed by atoms with E-state index in [1.165, 1.54) is 21.3 Å². The van der Waals surface area contributed by atoms with E-state index in [0.29, 0.717) is 33.6 Å². The predicted octanol–water partition coefficient (Wildman–Crippen LogP) is 2.91. The largest absolute Gasteiger partial charge is 0.493 e. The van der Waals surface area contributed by atoms with Crippen molar-refractivity contribution in [2.24, 2.45) is 0 Å². The van der Waals surface area contributed by atoms with E-state index < -0.39 is 0 Å². The quantitative estimate of drug-likeness (QED) is 0.540. The lowest BCUT2D eigenvalue weighted by molar-refractivity contribution is -0.123. The Morgan fingerprint density at radius 2 is 1.42 bits per heavy atom. The zero-order valence-corrected chi connectivity index (χ0v) is 19.0. The summed E-state index contributed by atoms with van der Waals surface area (Å²) in [7, 11) is 4.44. The van der Waals surface area contributed by atoms with Crippen molar-refractivity contribution >= 4 is 23.4 Å². The number of rotatable bonds is 10. The Hall–Kier alpha value is -3.13. The highest BCUT2D eigenvalue weighted by Crippen LogP contribution is 2.38. The molecule has 0 aromatic heterocycles. The number of carbonyl (C=O) groups excluding carboxylic acids is 2. The van der Waals surface area contributed by atoms with Gasteiger partial charge in [0.1, 0.15) is 5.75 Å². The van der Waals surface area contributed by atoms with Gasteiger partial charge in [0.25, 0.3) is 11.8 Å². The van der Waals surface area contributed by atoms with Crippen molar-refractivity contribution in [2.75, 3.05) is 41.0 Å². The first-order valence-electron chi connectivity index (χ1n) is 9.55. The summed E-state index contributed by atoms with van der Waals surface area (Å²) in [5, 5.41) is 6.10. The zero-order chi connectivity index (χ0) is 23.0. The minimum Gasteiger partial charge on any atom is -0.493 e. The molecule has 2 aromatic carbocycles. The second kappa shape index (κ2) is 11.3. The Morgan fingerprint density at radius 3 is 1.94 bits per heavy atom. The predicted molar refractivity (Wildman–Crippen MR) is 118 cm³/mol. The maximum absolute atomic E-state index is 12.4. The minimum atomic E-state index is -0.336. The van der Waals surface area contributed by atoms with Crippen molar-refractivity contribution in [1.82, 2.24) is 10.6 Å². The molecule has 0 saturated heterocycles. The monoisotopic (exact) mass is 450 g/mol. The normalized spacial score (nSPS) is 10.3. The van der Waals surface area contributed by atoms with Crippen LogP contribution in [0.25, 0.3) is 0 Å². The van der Waals surface area contributed by atoms with Crippen LogP contribution in [0.15, 0.2) is 24.3 Å². The number of hydrogen-bond donors (Lipinski definition) is 2. The van der Waals surface area contributed by atoms with Gasteiger partial charge in [-0.3, -0.25) is 9.59 Å². The summed E-state index contributed by atoms with van der Waals surface area (Å²) in [5.74, 6) is 1.10. The van der Waals surface area contributed by atoms with Crippen molar-refractivity contribution in [1.29, 1.82) is 0 Å². The van der Waals surface area contributed by atoms with Crippen molar-refractivity contribution in [3.8, 4) is 23.0 Å². The number of ether oxygens (including phenoxy) is 4. The van der Waals surface area contributed by atoms with Crippen LogP contribution in [-0.2, 0) is 4.79 Å². The molecule has 8 nitrogen and oxygen atoms in total. The maximum atomic E-state index is 12.4. The molecule has 9 heteroatoms. The smallest absolute Gasteiger partial charge is 0.258 e. The fourth-order valence-electron chi connectivity index (χ4n) is 2.88. The molecular weight excluding hydrogens is 424 g/mol. The third-order valence-corrected chi connectivity index (χ3v) is 5.04. The summed E-state index contributed by atoms with van der Waals surface area (Å²) >= 11 is 6.13. The number of amides is 2. The van der Waals surface area contributed by atoms with Crippen LogP contribution in [0.2, 0.25) is 5.02 Å². The molecule has 0 heterocycles. The van der Waals surface area contributed by atoms with Crippen LogP contribution in [0, 0.1) is 13.8 Å². The first kappa shape index (κ1) is 24.1. The van der Waals surface area contributed by atoms with Crippen molar-refractivity contribution < 1.29 is 28.5 Å². The van der Waals surface area contributed by atoms with Gasteiger partial charge in [0.2, 0.25) is 5.75 Å². The SMILES string of the molecule is COc1cc(C(=O)NCCNC(=O)COc2cc(C)c(Cl)c(C)c2)cc(OC)c1OC. The Bertz CT molecular complexity index is 900. The fourth-order valence-corrected chi connectivity index (χ4v) is 2.99. The number of hydrogen-bond acceptors (Lipinski definition) is 6. The minimum absolute atomic E-state index is 0.138. The number of halogens is 1. The molecule has 0 bridgehead atoms. The van der Waals surface area contributed by atoms with Crippen LogP contribution in [0.1, 0.15) is 21.5 Å². The molecule has 0 aliphatic carbocycles. The van der Waals surface area contributed by atoms with Gasteiger partial charge in [-0.25, -0.2) is 0 Å². The van der Waals surface area contributed by atoms with Gasteiger partial charge in [0, 0.05) is 23.7 Å². The Labute approximate surface area is 186 Å². The third-order valence-electron chi connectivity index (χ3n) is 4.44. The average molecular weight is 451 g/mol. The molecule has 0 spiro atoms. The number of benzene rings is 2. The van der Waals surface area contributed by atoms with Gasteiger partial charge in [0.15, 0.2) is 18.1 Å². The second-order valence-electron chi connectivity index (χ2n) is 6.68. The molecule has 0 saturated carbocycles. The summed E-state index contributed by atoms with van der Waals surface area (Å²) in [4.78, 5) is 24.4. The summed E-state index contributed by atoms with van der Waals surface area (Å²) < 4.78 is 21.2. The van der Waals surface area contributed by atoms with E-state index in [1.807, 2.05) is 13.8 Å². The van der Waals surface area contributed by atoms with Crippen molar-refractivity contribution in [3.63, 3.8) is 0 Å². The molecule has 0 fully saturated rings. The van der Waals surface area contributed by atoms with E-state index in [2.05, 4.69) is 10.6 Å². The Balaban J connectivity index is 1.82. The molecule has 31 heavy (non-hydrogen) atoms. The summed E-state index contributed by atoms with van der Waals surface area (Å²) in [6, 6.07) is 6.67. The highest BCUT2D eigenvalue weighted by Gasteiger charge is 2.16. The molecule has 0 aliphatic heterocycles. The third kappa shape index (κ3) is 6.42. The van der Waals surface area contributed by atoms with Gasteiger partial charge in [-0.1, -0.05) is 11.6 Å². The van der Waals surface area contributed by atoms with Gasteiger partial charge in [0.05, 0.1) is 21.3 Å². The molecule has 2 N–H and O–H groups in total. The summed E-state index contributed by atoms with van der Waals surface area (Å²) in [6.45, 7) is 4.09. The number of carbonyl (C=O) groups is 2. The number of nitrogens with one attached hydrogen (secondary N) is 2. The molecule has 0 radical (unpaired) electrons. The fraction of sp³-hybridized carbons (Fsp3) is 0.364. The van der Waals surface area contributed by atoms with Crippen LogP contribution in [0.4, 0.5) is 0 Å². The van der Waals surface area contributed by atoms with Crippen molar-refractivity contribution in [2.45, 2.75) is 13.8 Å². The molecule has 0 atom stereocenters. The summed E-state index contributed by atoms with van der Waals surface area (Å²) in [6.07, 6.45) is 0. The van der Waals surface area contributed by atoms with Crippen molar-refractivity contribution in [3.05, 3.63) is 46.0 Å². The van der Waals surface area contributed by atoms with E-state index in [1.54, 1.807) is 24.3 Å². The molecule has 168 valence electrons. The zero-order valence-electron chi connectivity index (χ0n) is 18.3.